The van der Waals surface area contributed by atoms with Gasteiger partial charge in [-0.15, -0.1) is 0 Å². The molecule has 0 radical (unpaired) electrons. The maximum atomic E-state index is 12.4. The van der Waals surface area contributed by atoms with E-state index in [0.717, 1.165) is 5.69 Å². The lowest BCUT2D eigenvalue weighted by Crippen LogP contribution is -2.41. The summed E-state index contributed by atoms with van der Waals surface area (Å²) in [5.41, 5.74) is 0.809. The molecule has 7 heteroatoms. The average Bonchev–Trinajstić information content (AvgIpc) is 2.38. The van der Waals surface area contributed by atoms with Gasteiger partial charge in [0.1, 0.15) is 0 Å². The maximum Gasteiger partial charge on any atom is 0.341 e. The molecule has 106 valence electrons. The molecule has 1 aliphatic rings. The van der Waals surface area contributed by atoms with Crippen molar-refractivity contribution in [3.05, 3.63) is 24.3 Å². The zero-order valence-electron chi connectivity index (χ0n) is 10.4. The minimum atomic E-state index is -4.51. The van der Waals surface area contributed by atoms with Crippen molar-refractivity contribution in [2.24, 2.45) is 0 Å². The Kier molecular flexibility index (Phi) is 4.05. The van der Waals surface area contributed by atoms with E-state index in [2.05, 4.69) is 0 Å². The van der Waals surface area contributed by atoms with Gasteiger partial charge in [0, 0.05) is 18.8 Å². The molecule has 1 fully saturated rings. The third-order valence-corrected chi connectivity index (χ3v) is 4.40. The number of nitrogens with zero attached hydrogens (tertiary/aromatic N) is 1. The summed E-state index contributed by atoms with van der Waals surface area (Å²) in [5.74, 6) is -3.39. The highest BCUT2D eigenvalue weighted by atomic mass is 32.2. The first-order valence-electron chi connectivity index (χ1n) is 5.90. The Labute approximate surface area is 110 Å². The van der Waals surface area contributed by atoms with Crippen LogP contribution in [0.2, 0.25) is 0 Å². The fourth-order valence-electron chi connectivity index (χ4n) is 2.00. The van der Waals surface area contributed by atoms with Gasteiger partial charge in [0.25, 0.3) is 0 Å². The molecule has 2 rings (SSSR count). The summed E-state index contributed by atoms with van der Waals surface area (Å²) < 4.78 is 52.8. The van der Waals surface area contributed by atoms with Gasteiger partial charge in [0.15, 0.2) is 0 Å². The molecular weight excluding hydrogens is 276 g/mol. The van der Waals surface area contributed by atoms with Crippen LogP contribution in [0.25, 0.3) is 0 Å². The van der Waals surface area contributed by atoms with Crippen molar-refractivity contribution in [3.8, 4) is 0 Å². The fraction of sp³-hybridized carbons (Fsp3) is 0.500. The van der Waals surface area contributed by atoms with Gasteiger partial charge in [-0.25, -0.2) is 8.42 Å². The summed E-state index contributed by atoms with van der Waals surface area (Å²) in [5, 5.41) is 0. The minimum Gasteiger partial charge on any atom is -0.375 e. The van der Waals surface area contributed by atoms with Gasteiger partial charge >= 0.3 is 5.76 Å². The first-order valence-corrected chi connectivity index (χ1v) is 7.44. The van der Waals surface area contributed by atoms with Crippen molar-refractivity contribution in [1.29, 1.82) is 0 Å². The van der Waals surface area contributed by atoms with E-state index in [4.69, 9.17) is 4.74 Å². The number of sulfone groups is 1. The minimum absolute atomic E-state index is 0.0956. The smallest absolute Gasteiger partial charge is 0.341 e. The SMILES string of the molecule is CC1CN(c2ccc(S(=O)(=O)C(F)F)cc2)CCO1. The van der Waals surface area contributed by atoms with Crippen LogP contribution in [0, 0.1) is 0 Å². The monoisotopic (exact) mass is 291 g/mol. The lowest BCUT2D eigenvalue weighted by Gasteiger charge is -2.33. The van der Waals surface area contributed by atoms with Gasteiger partial charge in [-0.2, -0.15) is 8.78 Å². The van der Waals surface area contributed by atoms with E-state index >= 15 is 0 Å². The number of alkyl halides is 2. The molecule has 0 spiro atoms. The molecule has 0 saturated carbocycles. The average molecular weight is 291 g/mol. The molecule has 1 atom stereocenters. The van der Waals surface area contributed by atoms with Gasteiger partial charge < -0.3 is 9.64 Å². The Balaban J connectivity index is 2.19. The number of rotatable bonds is 3. The molecule has 0 aliphatic carbocycles. The molecule has 1 saturated heterocycles. The lowest BCUT2D eigenvalue weighted by atomic mass is 10.2. The number of anilines is 1. The van der Waals surface area contributed by atoms with Gasteiger partial charge in [-0.05, 0) is 31.2 Å². The molecular formula is C12H15F2NO3S. The number of benzene rings is 1. The van der Waals surface area contributed by atoms with Crippen molar-refractivity contribution in [3.63, 3.8) is 0 Å². The van der Waals surface area contributed by atoms with E-state index in [1.165, 1.54) is 12.1 Å². The van der Waals surface area contributed by atoms with Gasteiger partial charge in [-0.1, -0.05) is 0 Å². The van der Waals surface area contributed by atoms with Crippen molar-refractivity contribution in [1.82, 2.24) is 0 Å². The molecule has 1 unspecified atom stereocenters. The third kappa shape index (κ3) is 3.03. The number of ether oxygens (including phenoxy) is 1. The second-order valence-electron chi connectivity index (χ2n) is 4.43. The van der Waals surface area contributed by atoms with Crippen LogP contribution in [-0.4, -0.2) is 40.0 Å². The van der Waals surface area contributed by atoms with Crippen molar-refractivity contribution < 1.29 is 21.9 Å². The predicted molar refractivity (Wildman–Crippen MR) is 67.3 cm³/mol. The third-order valence-electron chi connectivity index (χ3n) is 3.01. The van der Waals surface area contributed by atoms with Crippen LogP contribution in [0.1, 0.15) is 6.92 Å². The summed E-state index contributed by atoms with van der Waals surface area (Å²) in [6, 6.07) is 5.54. The number of halogens is 2. The summed E-state index contributed by atoms with van der Waals surface area (Å²) in [4.78, 5) is 1.68. The summed E-state index contributed by atoms with van der Waals surface area (Å²) in [7, 11) is -4.51. The van der Waals surface area contributed by atoms with Crippen molar-refractivity contribution in [2.45, 2.75) is 23.7 Å². The van der Waals surface area contributed by atoms with Crippen LogP contribution in [0.15, 0.2) is 29.2 Å². The normalized spacial score (nSPS) is 20.8. The zero-order valence-corrected chi connectivity index (χ0v) is 11.2. The molecule has 0 N–H and O–H groups in total. The molecule has 1 aromatic carbocycles. The number of hydrogen-bond acceptors (Lipinski definition) is 4. The molecule has 19 heavy (non-hydrogen) atoms. The van der Waals surface area contributed by atoms with Crippen molar-refractivity contribution in [2.75, 3.05) is 24.6 Å². The van der Waals surface area contributed by atoms with Gasteiger partial charge in [0.05, 0.1) is 17.6 Å². The van der Waals surface area contributed by atoms with E-state index in [1.807, 2.05) is 11.8 Å². The van der Waals surface area contributed by atoms with E-state index < -0.39 is 15.6 Å². The van der Waals surface area contributed by atoms with Crippen LogP contribution in [0.4, 0.5) is 14.5 Å². The van der Waals surface area contributed by atoms with Crippen LogP contribution in [0.5, 0.6) is 0 Å². The molecule has 4 nitrogen and oxygen atoms in total. The van der Waals surface area contributed by atoms with Crippen LogP contribution >= 0.6 is 0 Å². The summed E-state index contributed by atoms with van der Waals surface area (Å²) in [6.07, 6.45) is 0.0956. The largest absolute Gasteiger partial charge is 0.375 e. The Morgan fingerprint density at radius 3 is 2.47 bits per heavy atom. The van der Waals surface area contributed by atoms with Crippen LogP contribution in [-0.2, 0) is 14.6 Å². The van der Waals surface area contributed by atoms with Gasteiger partial charge in [0.2, 0.25) is 9.84 Å². The van der Waals surface area contributed by atoms with E-state index in [1.54, 1.807) is 12.1 Å². The highest BCUT2D eigenvalue weighted by molar-refractivity contribution is 7.91. The molecule has 0 amide bonds. The summed E-state index contributed by atoms with van der Waals surface area (Å²) >= 11 is 0. The number of hydrogen-bond donors (Lipinski definition) is 0. The second-order valence-corrected chi connectivity index (χ2v) is 6.34. The van der Waals surface area contributed by atoms with Gasteiger partial charge in [-0.3, -0.25) is 0 Å². The zero-order chi connectivity index (χ0) is 14.0. The van der Waals surface area contributed by atoms with E-state index in [-0.39, 0.29) is 11.0 Å². The molecule has 1 heterocycles. The fourth-order valence-corrected chi connectivity index (χ4v) is 2.72. The molecule has 0 aromatic heterocycles. The standard InChI is InChI=1S/C12H15F2NO3S/c1-9-8-15(6-7-18-9)10-2-4-11(5-3-10)19(16,17)12(13)14/h2-5,9,12H,6-8H2,1H3. The first kappa shape index (κ1) is 14.2. The maximum absolute atomic E-state index is 12.4. The highest BCUT2D eigenvalue weighted by Crippen LogP contribution is 2.23. The second kappa shape index (κ2) is 5.42. The Morgan fingerprint density at radius 1 is 1.32 bits per heavy atom. The van der Waals surface area contributed by atoms with Crippen LogP contribution < -0.4 is 4.90 Å². The molecule has 0 bridgehead atoms. The summed E-state index contributed by atoms with van der Waals surface area (Å²) in [6.45, 7) is 3.94. The topological polar surface area (TPSA) is 46.6 Å². The Morgan fingerprint density at radius 2 is 1.95 bits per heavy atom. The number of morpholine rings is 1. The quantitative estimate of drug-likeness (QED) is 0.853. The Bertz CT molecular complexity index is 530. The predicted octanol–water partition coefficient (Wildman–Crippen LogP) is 1.91. The van der Waals surface area contributed by atoms with Crippen LogP contribution in [0.3, 0.4) is 0 Å². The lowest BCUT2D eigenvalue weighted by molar-refractivity contribution is 0.0532. The molecule has 1 aromatic rings. The van der Waals surface area contributed by atoms with E-state index in [0.29, 0.717) is 19.7 Å². The van der Waals surface area contributed by atoms with E-state index in [9.17, 15) is 17.2 Å². The highest BCUT2D eigenvalue weighted by Gasteiger charge is 2.26. The first-order chi connectivity index (χ1) is 8.91. The molecule has 1 aliphatic heterocycles. The Hall–Kier alpha value is -1.21. The van der Waals surface area contributed by atoms with Crippen molar-refractivity contribution >= 4 is 15.5 Å².